The summed E-state index contributed by atoms with van der Waals surface area (Å²) in [5, 5.41) is 13.1. The normalized spacial score (nSPS) is 16.1. The molecule has 5 nitrogen and oxygen atoms in total. The predicted molar refractivity (Wildman–Crippen MR) is 114 cm³/mol. The molecule has 5 heteroatoms. The Hall–Kier alpha value is -3.86. The van der Waals surface area contributed by atoms with Gasteiger partial charge in [-0.1, -0.05) is 72.8 Å². The van der Waals surface area contributed by atoms with Gasteiger partial charge >= 0.3 is 5.97 Å². The zero-order chi connectivity index (χ0) is 20.9. The van der Waals surface area contributed by atoms with Crippen LogP contribution in [0.1, 0.15) is 29.2 Å². The van der Waals surface area contributed by atoms with Gasteiger partial charge in [0.15, 0.2) is 5.57 Å². The van der Waals surface area contributed by atoms with Crippen LogP contribution in [0.3, 0.4) is 0 Å². The number of aliphatic hydroxyl groups excluding tert-OH is 1. The van der Waals surface area contributed by atoms with Crippen LogP contribution in [-0.2, 0) is 20.7 Å². The number of nitrogens with one attached hydrogen (secondary N) is 1. The Morgan fingerprint density at radius 3 is 2.30 bits per heavy atom. The van der Waals surface area contributed by atoms with Crippen molar-refractivity contribution in [1.29, 1.82) is 0 Å². The van der Waals surface area contributed by atoms with E-state index in [2.05, 4.69) is 5.32 Å². The molecule has 0 bridgehead atoms. The van der Waals surface area contributed by atoms with E-state index >= 15 is 0 Å². The summed E-state index contributed by atoms with van der Waals surface area (Å²) in [4.78, 5) is 25.1. The third-order valence-corrected chi connectivity index (χ3v) is 4.96. The van der Waals surface area contributed by atoms with Crippen LogP contribution in [0.4, 0.5) is 5.69 Å². The van der Waals surface area contributed by atoms with Gasteiger partial charge in [0.2, 0.25) is 0 Å². The van der Waals surface area contributed by atoms with Crippen LogP contribution in [-0.4, -0.2) is 17.0 Å². The van der Waals surface area contributed by atoms with Crippen LogP contribution in [0.25, 0.3) is 0 Å². The number of anilines is 1. The van der Waals surface area contributed by atoms with E-state index in [1.54, 1.807) is 6.07 Å². The molecule has 0 fully saturated rings. The van der Waals surface area contributed by atoms with Gasteiger partial charge in [-0.15, -0.1) is 0 Å². The Kier molecular flexibility index (Phi) is 5.61. The van der Waals surface area contributed by atoms with Gasteiger partial charge < -0.3 is 15.2 Å². The van der Waals surface area contributed by atoms with Crippen molar-refractivity contribution in [2.75, 3.05) is 5.32 Å². The van der Waals surface area contributed by atoms with Gasteiger partial charge in [0, 0.05) is 12.1 Å². The molecule has 0 radical (unpaired) electrons. The van der Waals surface area contributed by atoms with E-state index in [-0.39, 0.29) is 17.8 Å². The molecule has 30 heavy (non-hydrogen) atoms. The average molecular weight is 399 g/mol. The minimum atomic E-state index is -0.828. The smallest absolute Gasteiger partial charge is 0.347 e. The monoisotopic (exact) mass is 399 g/mol. The van der Waals surface area contributed by atoms with E-state index < -0.39 is 18.0 Å². The van der Waals surface area contributed by atoms with Crippen molar-refractivity contribution in [3.8, 4) is 0 Å². The first-order valence-corrected chi connectivity index (χ1v) is 9.72. The standard InChI is InChI=1S/C25H21NO4/c27-21-16-22(19-11-5-2-6-12-19)30-25(29)23(21)24(28)26-20-13-7-10-18(15-20)14-17-8-3-1-4-9-17/h1-13,15,22,27H,14,16H2,(H,26,28). The molecule has 2 N–H and O–H groups in total. The van der Waals surface area contributed by atoms with E-state index in [1.807, 2.05) is 78.9 Å². The number of hydrogen-bond acceptors (Lipinski definition) is 4. The lowest BCUT2D eigenvalue weighted by molar-refractivity contribution is -0.148. The molecule has 0 aromatic heterocycles. The minimum absolute atomic E-state index is 0.0621. The lowest BCUT2D eigenvalue weighted by Crippen LogP contribution is -2.29. The highest BCUT2D eigenvalue weighted by atomic mass is 16.5. The largest absolute Gasteiger partial charge is 0.511 e. The molecule has 3 aromatic rings. The number of hydrogen-bond donors (Lipinski definition) is 2. The third kappa shape index (κ3) is 4.41. The Morgan fingerprint density at radius 1 is 0.933 bits per heavy atom. The fraction of sp³-hybridized carbons (Fsp3) is 0.120. The van der Waals surface area contributed by atoms with Gasteiger partial charge in [-0.05, 0) is 35.2 Å². The molecule has 3 aromatic carbocycles. The highest BCUT2D eigenvalue weighted by Crippen LogP contribution is 2.31. The highest BCUT2D eigenvalue weighted by Gasteiger charge is 2.34. The molecule has 1 heterocycles. The van der Waals surface area contributed by atoms with Crippen molar-refractivity contribution in [1.82, 2.24) is 0 Å². The van der Waals surface area contributed by atoms with E-state index in [4.69, 9.17) is 4.74 Å². The summed E-state index contributed by atoms with van der Waals surface area (Å²) in [7, 11) is 0. The molecule has 1 aliphatic heterocycles. The van der Waals surface area contributed by atoms with Crippen LogP contribution in [0, 0.1) is 0 Å². The predicted octanol–water partition coefficient (Wildman–Crippen LogP) is 4.72. The molecular formula is C25H21NO4. The maximum atomic E-state index is 12.7. The van der Waals surface area contributed by atoms with E-state index in [0.29, 0.717) is 5.69 Å². The van der Waals surface area contributed by atoms with Gasteiger partial charge in [0.1, 0.15) is 11.9 Å². The Balaban J connectivity index is 1.48. The van der Waals surface area contributed by atoms with E-state index in [1.165, 1.54) is 0 Å². The number of ether oxygens (including phenoxy) is 1. The maximum Gasteiger partial charge on any atom is 0.347 e. The van der Waals surface area contributed by atoms with Gasteiger partial charge in [-0.2, -0.15) is 0 Å². The van der Waals surface area contributed by atoms with Gasteiger partial charge in [-0.3, -0.25) is 4.79 Å². The number of carbonyl (C=O) groups excluding carboxylic acids is 2. The SMILES string of the molecule is O=C(Nc1cccc(Cc2ccccc2)c1)C1=C(O)CC(c2ccccc2)OC1=O. The van der Waals surface area contributed by atoms with Crippen molar-refractivity contribution in [3.05, 3.63) is 113 Å². The second-order valence-electron chi connectivity index (χ2n) is 7.15. The van der Waals surface area contributed by atoms with Crippen molar-refractivity contribution in [2.45, 2.75) is 18.9 Å². The summed E-state index contributed by atoms with van der Waals surface area (Å²) < 4.78 is 5.40. The second kappa shape index (κ2) is 8.66. The molecule has 150 valence electrons. The lowest BCUT2D eigenvalue weighted by atomic mass is 10.00. The molecule has 1 aliphatic rings. The maximum absolute atomic E-state index is 12.7. The Bertz CT molecular complexity index is 1090. The van der Waals surface area contributed by atoms with Crippen LogP contribution in [0.5, 0.6) is 0 Å². The van der Waals surface area contributed by atoms with Gasteiger partial charge in [0.05, 0.1) is 0 Å². The van der Waals surface area contributed by atoms with Gasteiger partial charge in [-0.25, -0.2) is 4.79 Å². The average Bonchev–Trinajstić information content (AvgIpc) is 2.75. The Morgan fingerprint density at radius 2 is 1.60 bits per heavy atom. The van der Waals surface area contributed by atoms with Crippen LogP contribution in [0.2, 0.25) is 0 Å². The zero-order valence-corrected chi connectivity index (χ0v) is 16.2. The fourth-order valence-electron chi connectivity index (χ4n) is 3.49. The number of carbonyl (C=O) groups is 2. The van der Waals surface area contributed by atoms with Crippen molar-refractivity contribution in [2.24, 2.45) is 0 Å². The van der Waals surface area contributed by atoms with Crippen molar-refractivity contribution in [3.63, 3.8) is 0 Å². The van der Waals surface area contributed by atoms with Crippen molar-refractivity contribution < 1.29 is 19.4 Å². The molecule has 4 rings (SSSR count). The van der Waals surface area contributed by atoms with Crippen LogP contribution < -0.4 is 5.32 Å². The number of esters is 1. The molecule has 0 spiro atoms. The quantitative estimate of drug-likeness (QED) is 0.481. The molecule has 0 saturated carbocycles. The summed E-state index contributed by atoms with van der Waals surface area (Å²) in [6, 6.07) is 26.5. The number of amides is 1. The molecule has 1 amide bonds. The van der Waals surface area contributed by atoms with E-state index in [0.717, 1.165) is 23.1 Å². The number of aliphatic hydroxyl groups is 1. The molecular weight excluding hydrogens is 378 g/mol. The first-order valence-electron chi connectivity index (χ1n) is 9.72. The highest BCUT2D eigenvalue weighted by molar-refractivity contribution is 6.21. The van der Waals surface area contributed by atoms with E-state index in [9.17, 15) is 14.7 Å². The summed E-state index contributed by atoms with van der Waals surface area (Å²) in [5.74, 6) is -1.77. The fourth-order valence-corrected chi connectivity index (χ4v) is 3.49. The zero-order valence-electron chi connectivity index (χ0n) is 16.2. The number of rotatable bonds is 5. The van der Waals surface area contributed by atoms with Gasteiger partial charge in [0.25, 0.3) is 5.91 Å². The number of benzene rings is 3. The lowest BCUT2D eigenvalue weighted by Gasteiger charge is -2.24. The molecule has 0 aliphatic carbocycles. The third-order valence-electron chi connectivity index (χ3n) is 4.96. The summed E-state index contributed by atoms with van der Waals surface area (Å²) in [6.07, 6.45) is 0.177. The first kappa shape index (κ1) is 19.5. The topological polar surface area (TPSA) is 75.6 Å². The van der Waals surface area contributed by atoms with Crippen LogP contribution >= 0.6 is 0 Å². The molecule has 0 saturated heterocycles. The molecule has 1 unspecified atom stereocenters. The Labute approximate surface area is 174 Å². The molecule has 1 atom stereocenters. The summed E-state index contributed by atoms with van der Waals surface area (Å²) in [6.45, 7) is 0. The number of cyclic esters (lactones) is 1. The minimum Gasteiger partial charge on any atom is -0.511 e. The second-order valence-corrected chi connectivity index (χ2v) is 7.15. The summed E-state index contributed by atoms with van der Waals surface area (Å²) in [5.41, 5.74) is 3.14. The summed E-state index contributed by atoms with van der Waals surface area (Å²) >= 11 is 0. The van der Waals surface area contributed by atoms with Crippen LogP contribution in [0.15, 0.2) is 96.3 Å². The first-order chi connectivity index (χ1) is 14.6. The van der Waals surface area contributed by atoms with Crippen molar-refractivity contribution >= 4 is 17.6 Å².